The van der Waals surface area contributed by atoms with Crippen LogP contribution in [-0.4, -0.2) is 29.2 Å². The molecule has 1 atom stereocenters. The van der Waals surface area contributed by atoms with Crippen LogP contribution in [0.1, 0.15) is 12.8 Å². The highest BCUT2D eigenvalue weighted by molar-refractivity contribution is 4.87. The van der Waals surface area contributed by atoms with Crippen molar-refractivity contribution in [3.8, 4) is 6.19 Å². The van der Waals surface area contributed by atoms with Crippen LogP contribution in [0.15, 0.2) is 0 Å². The van der Waals surface area contributed by atoms with Gasteiger partial charge in [-0.15, -0.1) is 0 Å². The van der Waals surface area contributed by atoms with Gasteiger partial charge in [0.25, 0.3) is 0 Å². The molecular formula is C6H10N2O. The standard InChI is InChI=1S/C6H10N2O/c7-5-8-3-1-2-6(8)4-9/h6,9H,1-4H2/t6-/m0/s1. The van der Waals surface area contributed by atoms with Gasteiger partial charge in [-0.3, -0.25) is 0 Å². The third-order valence-electron chi connectivity index (χ3n) is 1.72. The predicted octanol–water partition coefficient (Wildman–Crippen LogP) is -0.0758. The minimum absolute atomic E-state index is 0.106. The molecular weight excluding hydrogens is 116 g/mol. The Labute approximate surface area is 54.5 Å². The summed E-state index contributed by atoms with van der Waals surface area (Å²) in [7, 11) is 0. The Kier molecular flexibility index (Phi) is 1.91. The molecule has 50 valence electrons. The van der Waals surface area contributed by atoms with Gasteiger partial charge in [0.2, 0.25) is 0 Å². The SMILES string of the molecule is N#CN1CCC[C@H]1CO. The van der Waals surface area contributed by atoms with Gasteiger partial charge in [0.05, 0.1) is 12.6 Å². The summed E-state index contributed by atoms with van der Waals surface area (Å²) in [5.41, 5.74) is 0. The first-order chi connectivity index (χ1) is 4.38. The van der Waals surface area contributed by atoms with Crippen molar-refractivity contribution < 1.29 is 5.11 Å². The summed E-state index contributed by atoms with van der Waals surface area (Å²) in [6, 6.07) is 0.106. The van der Waals surface area contributed by atoms with Crippen molar-refractivity contribution in [3.05, 3.63) is 0 Å². The number of hydrogen-bond donors (Lipinski definition) is 1. The molecule has 0 spiro atoms. The number of aliphatic hydroxyl groups is 1. The molecule has 1 saturated heterocycles. The van der Waals surface area contributed by atoms with Gasteiger partial charge in [-0.25, -0.2) is 0 Å². The van der Waals surface area contributed by atoms with E-state index in [-0.39, 0.29) is 12.6 Å². The summed E-state index contributed by atoms with van der Waals surface area (Å²) in [5, 5.41) is 17.1. The van der Waals surface area contributed by atoms with Crippen LogP contribution in [0.5, 0.6) is 0 Å². The normalized spacial score (nSPS) is 26.2. The van der Waals surface area contributed by atoms with Crippen molar-refractivity contribution in [1.29, 1.82) is 5.26 Å². The molecule has 3 heteroatoms. The Morgan fingerprint density at radius 3 is 3.00 bits per heavy atom. The number of likely N-dealkylation sites (tertiary alicyclic amines) is 1. The van der Waals surface area contributed by atoms with Gasteiger partial charge in [0, 0.05) is 6.54 Å². The molecule has 1 N–H and O–H groups in total. The molecule has 0 aliphatic carbocycles. The van der Waals surface area contributed by atoms with Gasteiger partial charge in [0.15, 0.2) is 6.19 Å². The third kappa shape index (κ3) is 1.14. The molecule has 1 fully saturated rings. The van der Waals surface area contributed by atoms with Crippen LogP contribution in [0.4, 0.5) is 0 Å². The lowest BCUT2D eigenvalue weighted by Crippen LogP contribution is -2.27. The van der Waals surface area contributed by atoms with E-state index < -0.39 is 0 Å². The number of hydrogen-bond acceptors (Lipinski definition) is 3. The highest BCUT2D eigenvalue weighted by Crippen LogP contribution is 2.14. The molecule has 0 amide bonds. The molecule has 0 radical (unpaired) electrons. The lowest BCUT2D eigenvalue weighted by Gasteiger charge is -2.14. The minimum Gasteiger partial charge on any atom is -0.394 e. The Balaban J connectivity index is 2.44. The summed E-state index contributed by atoms with van der Waals surface area (Å²) in [6.45, 7) is 0.940. The van der Waals surface area contributed by atoms with E-state index in [1.165, 1.54) is 0 Å². The summed E-state index contributed by atoms with van der Waals surface area (Å²) in [4.78, 5) is 1.64. The maximum Gasteiger partial charge on any atom is 0.179 e. The fraction of sp³-hybridized carbons (Fsp3) is 0.833. The van der Waals surface area contributed by atoms with Crippen molar-refractivity contribution in [2.24, 2.45) is 0 Å². The minimum atomic E-state index is 0.106. The van der Waals surface area contributed by atoms with Gasteiger partial charge < -0.3 is 10.0 Å². The number of nitrogens with zero attached hydrogens (tertiary/aromatic N) is 2. The first-order valence-corrected chi connectivity index (χ1v) is 3.15. The Morgan fingerprint density at radius 2 is 2.56 bits per heavy atom. The van der Waals surface area contributed by atoms with Crippen molar-refractivity contribution in [2.75, 3.05) is 13.2 Å². The molecule has 0 unspecified atom stereocenters. The second-order valence-corrected chi connectivity index (χ2v) is 2.27. The van der Waals surface area contributed by atoms with Gasteiger partial charge in [-0.2, -0.15) is 5.26 Å². The first kappa shape index (κ1) is 6.37. The van der Waals surface area contributed by atoms with Crippen LogP contribution < -0.4 is 0 Å². The van der Waals surface area contributed by atoms with Crippen molar-refractivity contribution in [2.45, 2.75) is 18.9 Å². The average Bonchev–Trinajstić information content (AvgIpc) is 2.33. The number of nitriles is 1. The van der Waals surface area contributed by atoms with Crippen molar-refractivity contribution in [3.63, 3.8) is 0 Å². The van der Waals surface area contributed by atoms with E-state index in [2.05, 4.69) is 0 Å². The average molecular weight is 126 g/mol. The van der Waals surface area contributed by atoms with Crippen LogP contribution in [0.25, 0.3) is 0 Å². The topological polar surface area (TPSA) is 47.3 Å². The van der Waals surface area contributed by atoms with E-state index in [9.17, 15) is 0 Å². The molecule has 1 aliphatic rings. The Morgan fingerprint density at radius 1 is 1.78 bits per heavy atom. The molecule has 3 nitrogen and oxygen atoms in total. The van der Waals surface area contributed by atoms with E-state index in [1.807, 2.05) is 6.19 Å². The molecule has 0 aromatic rings. The highest BCUT2D eigenvalue weighted by Gasteiger charge is 2.21. The van der Waals surface area contributed by atoms with E-state index in [1.54, 1.807) is 4.90 Å². The van der Waals surface area contributed by atoms with Gasteiger partial charge in [0.1, 0.15) is 0 Å². The maximum atomic E-state index is 8.67. The zero-order valence-electron chi connectivity index (χ0n) is 5.25. The summed E-state index contributed by atoms with van der Waals surface area (Å²) in [6.07, 6.45) is 4.04. The Bertz CT molecular complexity index is 130. The van der Waals surface area contributed by atoms with Crippen LogP contribution in [0.2, 0.25) is 0 Å². The smallest absolute Gasteiger partial charge is 0.179 e. The van der Waals surface area contributed by atoms with Gasteiger partial charge in [-0.05, 0) is 12.8 Å². The summed E-state index contributed by atoms with van der Waals surface area (Å²) >= 11 is 0. The third-order valence-corrected chi connectivity index (χ3v) is 1.72. The predicted molar refractivity (Wildman–Crippen MR) is 32.4 cm³/mol. The number of aliphatic hydroxyl groups excluding tert-OH is 1. The fourth-order valence-corrected chi connectivity index (χ4v) is 1.16. The summed E-state index contributed by atoms with van der Waals surface area (Å²) < 4.78 is 0. The van der Waals surface area contributed by atoms with Crippen LogP contribution in [-0.2, 0) is 0 Å². The Hall–Kier alpha value is -0.750. The van der Waals surface area contributed by atoms with E-state index in [4.69, 9.17) is 10.4 Å². The van der Waals surface area contributed by atoms with Crippen LogP contribution in [0, 0.1) is 11.5 Å². The quantitative estimate of drug-likeness (QED) is 0.500. The molecule has 0 bridgehead atoms. The second kappa shape index (κ2) is 2.70. The van der Waals surface area contributed by atoms with E-state index >= 15 is 0 Å². The highest BCUT2D eigenvalue weighted by atomic mass is 16.3. The van der Waals surface area contributed by atoms with Crippen LogP contribution >= 0.6 is 0 Å². The zero-order valence-corrected chi connectivity index (χ0v) is 5.25. The number of rotatable bonds is 1. The van der Waals surface area contributed by atoms with E-state index in [0.29, 0.717) is 0 Å². The largest absolute Gasteiger partial charge is 0.394 e. The zero-order chi connectivity index (χ0) is 6.69. The second-order valence-electron chi connectivity index (χ2n) is 2.27. The van der Waals surface area contributed by atoms with Crippen molar-refractivity contribution >= 4 is 0 Å². The fourth-order valence-electron chi connectivity index (χ4n) is 1.16. The molecule has 0 aromatic heterocycles. The molecule has 1 aliphatic heterocycles. The first-order valence-electron chi connectivity index (χ1n) is 3.15. The maximum absolute atomic E-state index is 8.67. The van der Waals surface area contributed by atoms with Gasteiger partial charge in [-0.1, -0.05) is 0 Å². The lowest BCUT2D eigenvalue weighted by molar-refractivity contribution is 0.201. The molecule has 0 saturated carbocycles. The van der Waals surface area contributed by atoms with Crippen molar-refractivity contribution in [1.82, 2.24) is 4.90 Å². The van der Waals surface area contributed by atoms with Crippen LogP contribution in [0.3, 0.4) is 0 Å². The monoisotopic (exact) mass is 126 g/mol. The van der Waals surface area contributed by atoms with E-state index in [0.717, 1.165) is 19.4 Å². The lowest BCUT2D eigenvalue weighted by atomic mass is 10.2. The molecule has 1 rings (SSSR count). The molecule has 9 heavy (non-hydrogen) atoms. The molecule has 1 heterocycles. The van der Waals surface area contributed by atoms with Gasteiger partial charge >= 0.3 is 0 Å². The summed E-state index contributed by atoms with van der Waals surface area (Å²) in [5.74, 6) is 0. The molecule has 0 aromatic carbocycles.